The van der Waals surface area contributed by atoms with Crippen molar-refractivity contribution in [2.24, 2.45) is 0 Å². The lowest BCUT2D eigenvalue weighted by Crippen LogP contribution is -2.35. The van der Waals surface area contributed by atoms with Crippen LogP contribution in [0, 0.1) is 0 Å². The van der Waals surface area contributed by atoms with Gasteiger partial charge in [-0.3, -0.25) is 4.79 Å². The first-order chi connectivity index (χ1) is 14.6. The van der Waals surface area contributed by atoms with E-state index in [1.807, 2.05) is 41.5 Å². The predicted molar refractivity (Wildman–Crippen MR) is 119 cm³/mol. The smallest absolute Gasteiger partial charge is 0.246 e. The number of hydrogen-bond acceptors (Lipinski definition) is 5. The average Bonchev–Trinajstić information content (AvgIpc) is 3.47. The molecule has 6 heteroatoms. The number of hydrogen-bond donors (Lipinski definition) is 0. The Labute approximate surface area is 182 Å². The number of fused-ring (bicyclic) bond motifs is 1. The lowest BCUT2D eigenvalue weighted by molar-refractivity contribution is -0.128. The van der Waals surface area contributed by atoms with Crippen molar-refractivity contribution < 1.29 is 19.0 Å². The van der Waals surface area contributed by atoms with Gasteiger partial charge in [-0.25, -0.2) is 0 Å². The first-order valence-electron chi connectivity index (χ1n) is 10.7. The second-order valence-corrected chi connectivity index (χ2v) is 8.86. The molecule has 1 aromatic heterocycles. The Morgan fingerprint density at radius 2 is 2.30 bits per heavy atom. The van der Waals surface area contributed by atoms with Crippen molar-refractivity contribution in [1.29, 1.82) is 0 Å². The van der Waals surface area contributed by atoms with Gasteiger partial charge in [0, 0.05) is 41.7 Å². The molecule has 0 aliphatic carbocycles. The van der Waals surface area contributed by atoms with Gasteiger partial charge in [0.1, 0.15) is 17.6 Å². The van der Waals surface area contributed by atoms with Crippen molar-refractivity contribution in [2.75, 3.05) is 19.8 Å². The fourth-order valence-electron chi connectivity index (χ4n) is 3.99. The summed E-state index contributed by atoms with van der Waals surface area (Å²) in [5, 5.41) is 2.04. The highest BCUT2D eigenvalue weighted by atomic mass is 32.1. The van der Waals surface area contributed by atoms with Crippen LogP contribution >= 0.6 is 11.3 Å². The van der Waals surface area contributed by atoms with E-state index in [0.717, 1.165) is 48.5 Å². The molecule has 0 bridgehead atoms. The van der Waals surface area contributed by atoms with Crippen molar-refractivity contribution >= 4 is 23.3 Å². The van der Waals surface area contributed by atoms with Crippen LogP contribution in [0.15, 0.2) is 35.7 Å². The Morgan fingerprint density at radius 1 is 1.40 bits per heavy atom. The molecule has 1 saturated heterocycles. The largest absolute Gasteiger partial charge is 0.493 e. The Bertz CT molecular complexity index is 887. The Kier molecular flexibility index (Phi) is 6.75. The quantitative estimate of drug-likeness (QED) is 0.574. The number of rotatable bonds is 8. The summed E-state index contributed by atoms with van der Waals surface area (Å²) in [5.74, 6) is 1.66. The molecule has 1 amide bonds. The number of amides is 1. The lowest BCUT2D eigenvalue weighted by Gasteiger charge is -2.24. The molecule has 0 N–H and O–H groups in total. The summed E-state index contributed by atoms with van der Waals surface area (Å²) in [6.45, 7) is 6.61. The van der Waals surface area contributed by atoms with E-state index in [1.165, 1.54) is 4.88 Å². The molecule has 2 aliphatic heterocycles. The van der Waals surface area contributed by atoms with Gasteiger partial charge < -0.3 is 19.1 Å². The third kappa shape index (κ3) is 5.05. The van der Waals surface area contributed by atoms with Gasteiger partial charge in [-0.2, -0.15) is 0 Å². The van der Waals surface area contributed by atoms with Crippen molar-refractivity contribution in [3.05, 3.63) is 51.7 Å². The first kappa shape index (κ1) is 20.9. The lowest BCUT2D eigenvalue weighted by atomic mass is 10.1. The molecule has 30 heavy (non-hydrogen) atoms. The zero-order valence-corrected chi connectivity index (χ0v) is 18.5. The standard InChI is InChI=1S/C24H29NO4S/c1-3-27-22-14-19-12-17(2)29-23(19)13-18(22)8-9-24(26)25(15-20-6-4-10-28-20)16-21-7-5-11-30-21/h5,7-9,11,13-14,17,20H,3-4,6,10,12,15-16H2,1-2H3/b9-8+. The van der Waals surface area contributed by atoms with Crippen molar-refractivity contribution in [3.63, 3.8) is 0 Å². The van der Waals surface area contributed by atoms with Crippen LogP contribution < -0.4 is 9.47 Å². The summed E-state index contributed by atoms with van der Waals surface area (Å²) in [5.41, 5.74) is 2.03. The maximum atomic E-state index is 13.1. The first-order valence-corrected chi connectivity index (χ1v) is 11.6. The number of carbonyl (C=O) groups is 1. The van der Waals surface area contributed by atoms with E-state index in [2.05, 4.69) is 13.0 Å². The number of thiophene rings is 1. The number of nitrogens with zero attached hydrogens (tertiary/aromatic N) is 1. The van der Waals surface area contributed by atoms with Gasteiger partial charge in [-0.1, -0.05) is 6.07 Å². The summed E-state index contributed by atoms with van der Waals surface area (Å²) >= 11 is 1.67. The highest BCUT2D eigenvalue weighted by Gasteiger charge is 2.23. The molecule has 2 unspecified atom stereocenters. The number of ether oxygens (including phenoxy) is 3. The summed E-state index contributed by atoms with van der Waals surface area (Å²) < 4.78 is 17.5. The van der Waals surface area contributed by atoms with Crippen molar-refractivity contribution in [1.82, 2.24) is 4.90 Å². The fraction of sp³-hybridized carbons (Fsp3) is 0.458. The summed E-state index contributed by atoms with van der Waals surface area (Å²) in [7, 11) is 0. The Morgan fingerprint density at radius 3 is 3.03 bits per heavy atom. The molecular formula is C24H29NO4S. The fourth-order valence-corrected chi connectivity index (χ4v) is 4.71. The van der Waals surface area contributed by atoms with Crippen LogP contribution in [-0.2, 0) is 22.5 Å². The van der Waals surface area contributed by atoms with E-state index >= 15 is 0 Å². The van der Waals surface area contributed by atoms with E-state index in [-0.39, 0.29) is 18.1 Å². The molecule has 1 aromatic carbocycles. The molecule has 2 aromatic rings. The second-order valence-electron chi connectivity index (χ2n) is 7.83. The maximum absolute atomic E-state index is 13.1. The molecule has 4 rings (SSSR count). The van der Waals surface area contributed by atoms with Crippen LogP contribution in [0.3, 0.4) is 0 Å². The highest BCUT2D eigenvalue weighted by Crippen LogP contribution is 2.35. The van der Waals surface area contributed by atoms with E-state index in [9.17, 15) is 4.79 Å². The predicted octanol–water partition coefficient (Wildman–Crippen LogP) is 4.69. The number of benzene rings is 1. The Hall–Kier alpha value is -2.31. The minimum Gasteiger partial charge on any atom is -0.493 e. The third-order valence-corrected chi connectivity index (χ3v) is 6.28. The van der Waals surface area contributed by atoms with Crippen LogP contribution in [0.5, 0.6) is 11.5 Å². The molecule has 160 valence electrons. The van der Waals surface area contributed by atoms with Gasteiger partial charge in [0.05, 0.1) is 19.3 Å². The molecular weight excluding hydrogens is 398 g/mol. The van der Waals surface area contributed by atoms with Crippen molar-refractivity contribution in [3.8, 4) is 11.5 Å². The normalized spacial score (nSPS) is 20.3. The van der Waals surface area contributed by atoms with E-state index in [4.69, 9.17) is 14.2 Å². The maximum Gasteiger partial charge on any atom is 0.246 e. The van der Waals surface area contributed by atoms with Crippen LogP contribution in [-0.4, -0.2) is 42.8 Å². The van der Waals surface area contributed by atoms with Gasteiger partial charge >= 0.3 is 0 Å². The van der Waals surface area contributed by atoms with E-state index < -0.39 is 0 Å². The molecule has 2 atom stereocenters. The van der Waals surface area contributed by atoms with Crippen LogP contribution in [0.2, 0.25) is 0 Å². The Balaban J connectivity index is 1.53. The van der Waals surface area contributed by atoms with Crippen LogP contribution in [0.4, 0.5) is 0 Å². The SMILES string of the molecule is CCOc1cc2c(cc1/C=C/C(=O)N(Cc1cccs1)CC1CCCO1)OC(C)C2. The third-order valence-electron chi connectivity index (χ3n) is 5.42. The number of carbonyl (C=O) groups excluding carboxylic acids is 1. The molecule has 1 fully saturated rings. The summed E-state index contributed by atoms with van der Waals surface area (Å²) in [4.78, 5) is 16.2. The van der Waals surface area contributed by atoms with Gasteiger partial charge in [-0.15, -0.1) is 11.3 Å². The topological polar surface area (TPSA) is 48.0 Å². The van der Waals surface area contributed by atoms with Gasteiger partial charge in [0.25, 0.3) is 0 Å². The summed E-state index contributed by atoms with van der Waals surface area (Å²) in [6, 6.07) is 8.11. The van der Waals surface area contributed by atoms with E-state index in [0.29, 0.717) is 19.7 Å². The van der Waals surface area contributed by atoms with Crippen molar-refractivity contribution in [2.45, 2.75) is 51.9 Å². The van der Waals surface area contributed by atoms with Gasteiger partial charge in [0.2, 0.25) is 5.91 Å². The zero-order valence-electron chi connectivity index (χ0n) is 17.6. The minimum atomic E-state index is -0.0175. The second kappa shape index (κ2) is 9.67. The molecule has 3 heterocycles. The van der Waals surface area contributed by atoms with Crippen LogP contribution in [0.25, 0.3) is 6.08 Å². The van der Waals surface area contributed by atoms with Gasteiger partial charge in [-0.05, 0) is 56.3 Å². The molecule has 0 saturated carbocycles. The highest BCUT2D eigenvalue weighted by molar-refractivity contribution is 7.09. The van der Waals surface area contributed by atoms with Crippen LogP contribution in [0.1, 0.15) is 42.7 Å². The minimum absolute atomic E-state index is 0.0175. The monoisotopic (exact) mass is 427 g/mol. The average molecular weight is 428 g/mol. The molecule has 5 nitrogen and oxygen atoms in total. The molecule has 2 aliphatic rings. The summed E-state index contributed by atoms with van der Waals surface area (Å²) in [6.07, 6.45) is 6.73. The van der Waals surface area contributed by atoms with E-state index in [1.54, 1.807) is 17.4 Å². The zero-order chi connectivity index (χ0) is 20.9. The molecule has 0 spiro atoms. The van der Waals surface area contributed by atoms with Gasteiger partial charge in [0.15, 0.2) is 0 Å². The molecule has 0 radical (unpaired) electrons.